The molecule has 3 aliphatic rings. The zero-order chi connectivity index (χ0) is 30.8. The maximum atomic E-state index is 13.0. The van der Waals surface area contributed by atoms with E-state index in [2.05, 4.69) is 26.7 Å². The number of para-hydroxylation sites is 1. The van der Waals surface area contributed by atoms with Crippen molar-refractivity contribution < 1.29 is 19.2 Å². The van der Waals surface area contributed by atoms with Gasteiger partial charge in [-0.2, -0.15) is 5.26 Å². The number of aliphatic imine (C=N–C) groups is 1. The highest BCUT2D eigenvalue weighted by Gasteiger charge is 2.44. The summed E-state index contributed by atoms with van der Waals surface area (Å²) in [6, 6.07) is 11.7. The second-order valence-electron chi connectivity index (χ2n) is 11.2. The molecule has 1 aliphatic carbocycles. The van der Waals surface area contributed by atoms with E-state index in [0.717, 1.165) is 36.3 Å². The van der Waals surface area contributed by atoms with E-state index >= 15 is 0 Å². The molecule has 1 saturated heterocycles. The van der Waals surface area contributed by atoms with Crippen LogP contribution in [0, 0.1) is 17.2 Å². The van der Waals surface area contributed by atoms with Crippen molar-refractivity contribution in [2.75, 3.05) is 11.9 Å². The van der Waals surface area contributed by atoms with Crippen LogP contribution in [0.15, 0.2) is 53.8 Å². The van der Waals surface area contributed by atoms with Gasteiger partial charge in [0.05, 0.1) is 40.1 Å². The number of carbonyl (C=O) groups excluding carboxylic acids is 4. The summed E-state index contributed by atoms with van der Waals surface area (Å²) in [5.74, 6) is -1.49. The van der Waals surface area contributed by atoms with E-state index in [1.807, 2.05) is 6.07 Å². The lowest BCUT2D eigenvalue weighted by molar-refractivity contribution is -0.136. The molecule has 4 N–H and O–H groups in total. The van der Waals surface area contributed by atoms with Gasteiger partial charge in [0.25, 0.3) is 11.8 Å². The largest absolute Gasteiger partial charge is 0.404 e. The van der Waals surface area contributed by atoms with Gasteiger partial charge < -0.3 is 11.1 Å². The molecular weight excluding hydrogens is 560 g/mol. The fourth-order valence-corrected chi connectivity index (χ4v) is 5.90. The third-order valence-electron chi connectivity index (χ3n) is 8.36. The maximum Gasteiger partial charge on any atom is 0.262 e. The Hall–Kier alpha value is -5.44. The minimum absolute atomic E-state index is 0.0852. The van der Waals surface area contributed by atoms with Crippen LogP contribution in [-0.4, -0.2) is 63.3 Å². The van der Waals surface area contributed by atoms with Crippen LogP contribution in [0.2, 0.25) is 0 Å². The number of imide groups is 2. The number of nitriles is 1. The number of nitrogens with one attached hydrogen (secondary N) is 2. The Balaban J connectivity index is 0.966. The maximum absolute atomic E-state index is 13.0. The Labute approximate surface area is 253 Å². The number of benzene rings is 2. The Morgan fingerprint density at radius 2 is 1.98 bits per heavy atom. The number of nitrogens with two attached hydrogens (primary N) is 1. The number of hydrogen-bond donors (Lipinski definition) is 3. The van der Waals surface area contributed by atoms with Crippen LogP contribution < -0.4 is 16.4 Å². The second kappa shape index (κ2) is 12.0. The van der Waals surface area contributed by atoms with Gasteiger partial charge in [0, 0.05) is 36.6 Å². The van der Waals surface area contributed by atoms with Crippen molar-refractivity contribution in [3.8, 4) is 6.07 Å². The minimum atomic E-state index is -0.977. The smallest absolute Gasteiger partial charge is 0.262 e. The molecule has 4 amide bonds. The summed E-state index contributed by atoms with van der Waals surface area (Å²) >= 11 is 0. The molecule has 3 heterocycles. The summed E-state index contributed by atoms with van der Waals surface area (Å²) in [5.41, 5.74) is 9.96. The van der Waals surface area contributed by atoms with Gasteiger partial charge in [-0.05, 0) is 68.4 Å². The van der Waals surface area contributed by atoms with Crippen LogP contribution >= 0.6 is 0 Å². The average Bonchev–Trinajstić information content (AvgIpc) is 3.25. The Morgan fingerprint density at radius 1 is 1.16 bits per heavy atom. The number of carbonyl (C=O) groups is 4. The molecule has 0 radical (unpaired) electrons. The number of amides is 4. The molecule has 2 aromatic carbocycles. The van der Waals surface area contributed by atoms with Crippen LogP contribution in [-0.2, 0) is 9.59 Å². The van der Waals surface area contributed by atoms with Gasteiger partial charge in [-0.25, -0.2) is 4.98 Å². The first-order chi connectivity index (χ1) is 21.4. The highest BCUT2D eigenvalue weighted by atomic mass is 16.2. The average molecular weight is 591 g/mol. The Bertz CT molecular complexity index is 1790. The summed E-state index contributed by atoms with van der Waals surface area (Å²) < 4.78 is 0. The van der Waals surface area contributed by atoms with Gasteiger partial charge in [-0.3, -0.25) is 39.4 Å². The molecular formula is C32H30N8O4. The zero-order valence-corrected chi connectivity index (χ0v) is 23.8. The van der Waals surface area contributed by atoms with Crippen LogP contribution in [0.4, 0.5) is 5.69 Å². The van der Waals surface area contributed by atoms with E-state index in [1.165, 1.54) is 6.20 Å². The van der Waals surface area contributed by atoms with Crippen LogP contribution in [0.3, 0.4) is 0 Å². The van der Waals surface area contributed by atoms with E-state index in [0.29, 0.717) is 40.3 Å². The third kappa shape index (κ3) is 5.51. The Morgan fingerprint density at radius 3 is 2.75 bits per heavy atom. The molecule has 2 fully saturated rings. The number of piperidine rings is 1. The van der Waals surface area contributed by atoms with E-state index in [-0.39, 0.29) is 30.0 Å². The lowest BCUT2D eigenvalue weighted by Crippen LogP contribution is -2.54. The molecule has 3 aromatic rings. The molecule has 44 heavy (non-hydrogen) atoms. The topological polar surface area (TPSA) is 184 Å². The van der Waals surface area contributed by atoms with E-state index in [9.17, 15) is 24.4 Å². The van der Waals surface area contributed by atoms with Gasteiger partial charge in [0.1, 0.15) is 17.6 Å². The molecule has 1 unspecified atom stereocenters. The van der Waals surface area contributed by atoms with Gasteiger partial charge in [0.15, 0.2) is 0 Å². The number of aromatic nitrogens is 2. The molecule has 2 aliphatic heterocycles. The predicted molar refractivity (Wildman–Crippen MR) is 162 cm³/mol. The fraction of sp³-hybridized carbons (Fsp3) is 0.312. The molecule has 6 rings (SSSR count). The quantitative estimate of drug-likeness (QED) is 0.192. The van der Waals surface area contributed by atoms with Crippen LogP contribution in [0.1, 0.15) is 70.5 Å². The highest BCUT2D eigenvalue weighted by Crippen LogP contribution is 2.34. The normalized spacial score (nSPS) is 21.8. The first-order valence-corrected chi connectivity index (χ1v) is 14.6. The van der Waals surface area contributed by atoms with Gasteiger partial charge in [-0.15, -0.1) is 0 Å². The second-order valence-corrected chi connectivity index (χ2v) is 11.2. The lowest BCUT2D eigenvalue weighted by atomic mass is 9.78. The molecule has 1 aromatic heterocycles. The SMILES string of the molecule is N#Cc1cccc2ncc(C(C=NC3CC(CCCNc4ccc5c(c4)C(=O)N(C4CCC(=O)NC4=O)C5=O)C3)=CN)nc12. The zero-order valence-electron chi connectivity index (χ0n) is 23.8. The first-order valence-electron chi connectivity index (χ1n) is 14.6. The molecule has 1 saturated carbocycles. The van der Waals surface area contributed by atoms with Gasteiger partial charge in [0.2, 0.25) is 11.8 Å². The predicted octanol–water partition coefficient (Wildman–Crippen LogP) is 2.94. The number of allylic oxidation sites excluding steroid dienone is 1. The van der Waals surface area contributed by atoms with E-state index < -0.39 is 29.7 Å². The molecule has 222 valence electrons. The Kier molecular flexibility index (Phi) is 7.85. The lowest BCUT2D eigenvalue weighted by Gasteiger charge is -2.32. The van der Waals surface area contributed by atoms with Crippen LogP contribution in [0.5, 0.6) is 0 Å². The van der Waals surface area contributed by atoms with Crippen molar-refractivity contribution in [2.45, 2.75) is 50.6 Å². The summed E-state index contributed by atoms with van der Waals surface area (Å²) in [6.07, 6.45) is 8.93. The molecule has 0 bridgehead atoms. The number of nitrogens with zero attached hydrogens (tertiary/aromatic N) is 5. The van der Waals surface area contributed by atoms with E-state index in [4.69, 9.17) is 10.7 Å². The van der Waals surface area contributed by atoms with Crippen molar-refractivity contribution in [1.82, 2.24) is 20.2 Å². The van der Waals surface area contributed by atoms with Gasteiger partial charge >= 0.3 is 0 Å². The molecule has 12 heteroatoms. The molecule has 12 nitrogen and oxygen atoms in total. The third-order valence-corrected chi connectivity index (χ3v) is 8.36. The standard InChI is InChI=1S/C32H30N8O4/c33-14-19-4-1-5-25-29(19)38-26(17-37-25)20(15-34)16-36-22-11-18(12-22)3-2-10-35-21-6-7-23-24(13-21)32(44)40(31(23)43)27-8-9-28(41)39-30(27)42/h1,4-7,13,15-18,22,27,35H,2-3,8-12,34H2,(H,39,41,42). The minimum Gasteiger partial charge on any atom is -0.404 e. The number of anilines is 1. The van der Waals surface area contributed by atoms with Crippen molar-refractivity contribution in [3.63, 3.8) is 0 Å². The van der Waals surface area contributed by atoms with Crippen molar-refractivity contribution in [2.24, 2.45) is 16.6 Å². The number of rotatable bonds is 9. The van der Waals surface area contributed by atoms with Crippen molar-refractivity contribution >= 4 is 52.1 Å². The molecule has 1 atom stereocenters. The summed E-state index contributed by atoms with van der Waals surface area (Å²) in [5, 5.41) is 14.9. The summed E-state index contributed by atoms with van der Waals surface area (Å²) in [7, 11) is 0. The number of fused-ring (bicyclic) bond motifs is 2. The molecule has 0 spiro atoms. The summed E-state index contributed by atoms with van der Waals surface area (Å²) in [6.45, 7) is 0.702. The van der Waals surface area contributed by atoms with Crippen molar-refractivity contribution in [3.05, 3.63) is 71.2 Å². The number of hydrogen-bond acceptors (Lipinski definition) is 10. The highest BCUT2D eigenvalue weighted by molar-refractivity contribution is 6.23. The van der Waals surface area contributed by atoms with Crippen LogP contribution in [0.25, 0.3) is 16.6 Å². The summed E-state index contributed by atoms with van der Waals surface area (Å²) in [4.78, 5) is 64.3. The van der Waals surface area contributed by atoms with E-state index in [1.54, 1.807) is 42.7 Å². The fourth-order valence-electron chi connectivity index (χ4n) is 5.90. The monoisotopic (exact) mass is 590 g/mol. The first kappa shape index (κ1) is 28.7. The van der Waals surface area contributed by atoms with Gasteiger partial charge in [-0.1, -0.05) is 6.07 Å². The van der Waals surface area contributed by atoms with Crippen molar-refractivity contribution in [1.29, 1.82) is 5.26 Å².